The molecule has 2 aromatic rings. The van der Waals surface area contributed by atoms with Gasteiger partial charge in [-0.2, -0.15) is 0 Å². The monoisotopic (exact) mass is 339 g/mol. The maximum atomic E-state index is 12.4. The summed E-state index contributed by atoms with van der Waals surface area (Å²) in [7, 11) is 0. The zero-order chi connectivity index (χ0) is 17.8. The quantitative estimate of drug-likeness (QED) is 0.909. The lowest BCUT2D eigenvalue weighted by molar-refractivity contribution is -0.142. The number of hydrogen-bond acceptors (Lipinski definition) is 3. The number of hydrogen-bond donors (Lipinski definition) is 1. The number of aliphatic carboxylic acids is 1. The number of benzene rings is 2. The van der Waals surface area contributed by atoms with E-state index >= 15 is 0 Å². The average Bonchev–Trinajstić information content (AvgIpc) is 3.03. The molecule has 5 heteroatoms. The molecule has 3 rings (SSSR count). The van der Waals surface area contributed by atoms with E-state index in [1.54, 1.807) is 4.90 Å². The minimum atomic E-state index is -0.849. The Bertz CT molecular complexity index is 759. The van der Waals surface area contributed by atoms with Crippen LogP contribution in [0.1, 0.15) is 6.92 Å². The maximum Gasteiger partial charge on any atom is 0.308 e. The first kappa shape index (κ1) is 17.0. The molecule has 0 aliphatic carbocycles. The van der Waals surface area contributed by atoms with Crippen LogP contribution in [0.25, 0.3) is 11.1 Å². The van der Waals surface area contributed by atoms with Gasteiger partial charge in [-0.05, 0) is 17.5 Å². The molecule has 1 aliphatic heterocycles. The number of amides is 1. The van der Waals surface area contributed by atoms with Gasteiger partial charge in [-0.25, -0.2) is 0 Å². The van der Waals surface area contributed by atoms with Gasteiger partial charge in [0, 0.05) is 18.7 Å². The number of nitrogens with zero attached hydrogens (tertiary/aromatic N) is 1. The number of likely N-dealkylation sites (tertiary alicyclic amines) is 1. The van der Waals surface area contributed by atoms with Crippen molar-refractivity contribution in [1.29, 1.82) is 0 Å². The van der Waals surface area contributed by atoms with Gasteiger partial charge in [-0.1, -0.05) is 55.5 Å². The predicted octanol–water partition coefficient (Wildman–Crippen LogP) is 2.91. The molecule has 0 spiro atoms. The predicted molar refractivity (Wildman–Crippen MR) is 94.2 cm³/mol. The van der Waals surface area contributed by atoms with E-state index in [1.165, 1.54) is 0 Å². The van der Waals surface area contributed by atoms with Gasteiger partial charge in [-0.3, -0.25) is 9.59 Å². The van der Waals surface area contributed by atoms with E-state index < -0.39 is 11.9 Å². The molecule has 1 N–H and O–H groups in total. The lowest BCUT2D eigenvalue weighted by Gasteiger charge is -2.17. The second-order valence-corrected chi connectivity index (χ2v) is 6.37. The molecule has 0 aromatic heterocycles. The Morgan fingerprint density at radius 1 is 1.08 bits per heavy atom. The second kappa shape index (κ2) is 7.38. The number of carboxylic acids is 1. The molecule has 130 valence electrons. The SMILES string of the molecule is C[C@@H]1CN(C(=O)COc2ccccc2-c2ccccc2)C[C@H]1C(=O)O. The van der Waals surface area contributed by atoms with Crippen molar-refractivity contribution < 1.29 is 19.4 Å². The van der Waals surface area contributed by atoms with Crippen LogP contribution >= 0.6 is 0 Å². The van der Waals surface area contributed by atoms with E-state index in [0.717, 1.165) is 11.1 Å². The molecule has 2 aromatic carbocycles. The van der Waals surface area contributed by atoms with Crippen molar-refractivity contribution in [2.75, 3.05) is 19.7 Å². The van der Waals surface area contributed by atoms with Crippen LogP contribution in [-0.4, -0.2) is 41.6 Å². The third-order valence-electron chi connectivity index (χ3n) is 4.61. The van der Waals surface area contributed by atoms with Crippen molar-refractivity contribution in [2.24, 2.45) is 11.8 Å². The van der Waals surface area contributed by atoms with E-state index in [4.69, 9.17) is 4.74 Å². The Morgan fingerprint density at radius 3 is 2.44 bits per heavy atom. The minimum absolute atomic E-state index is 0.0435. The van der Waals surface area contributed by atoms with Crippen LogP contribution in [0.2, 0.25) is 0 Å². The highest BCUT2D eigenvalue weighted by Crippen LogP contribution is 2.30. The van der Waals surface area contributed by atoms with Crippen molar-refractivity contribution in [3.8, 4) is 16.9 Å². The fourth-order valence-corrected chi connectivity index (χ4v) is 3.17. The molecule has 1 fully saturated rings. The number of rotatable bonds is 5. The molecule has 0 saturated carbocycles. The van der Waals surface area contributed by atoms with E-state index in [0.29, 0.717) is 12.3 Å². The van der Waals surface area contributed by atoms with E-state index in [9.17, 15) is 14.7 Å². The van der Waals surface area contributed by atoms with Crippen molar-refractivity contribution in [3.63, 3.8) is 0 Å². The maximum absolute atomic E-state index is 12.4. The Hall–Kier alpha value is -2.82. The highest BCUT2D eigenvalue weighted by molar-refractivity contribution is 5.80. The third kappa shape index (κ3) is 3.82. The van der Waals surface area contributed by atoms with Crippen molar-refractivity contribution >= 4 is 11.9 Å². The molecule has 0 unspecified atom stereocenters. The fourth-order valence-electron chi connectivity index (χ4n) is 3.17. The van der Waals surface area contributed by atoms with Crippen LogP contribution in [0, 0.1) is 11.8 Å². The molecule has 5 nitrogen and oxygen atoms in total. The van der Waals surface area contributed by atoms with Crippen LogP contribution in [0.5, 0.6) is 5.75 Å². The minimum Gasteiger partial charge on any atom is -0.483 e. The van der Waals surface area contributed by atoms with Crippen LogP contribution in [-0.2, 0) is 9.59 Å². The summed E-state index contributed by atoms with van der Waals surface area (Å²) in [6.07, 6.45) is 0. The van der Waals surface area contributed by atoms with Gasteiger partial charge in [0.25, 0.3) is 5.91 Å². The largest absolute Gasteiger partial charge is 0.483 e. The fraction of sp³-hybridized carbons (Fsp3) is 0.300. The summed E-state index contributed by atoms with van der Waals surface area (Å²) in [6, 6.07) is 17.4. The molecule has 1 aliphatic rings. The first-order chi connectivity index (χ1) is 12.1. The molecule has 0 bridgehead atoms. The average molecular weight is 339 g/mol. The zero-order valence-electron chi connectivity index (χ0n) is 14.1. The van der Waals surface area contributed by atoms with Gasteiger partial charge in [-0.15, -0.1) is 0 Å². The number of carboxylic acid groups (broad SMARTS) is 1. The smallest absolute Gasteiger partial charge is 0.308 e. The lowest BCUT2D eigenvalue weighted by atomic mass is 9.99. The summed E-state index contributed by atoms with van der Waals surface area (Å²) in [4.78, 5) is 25.2. The molecule has 1 saturated heterocycles. The molecule has 1 heterocycles. The van der Waals surface area contributed by atoms with E-state index in [1.807, 2.05) is 61.5 Å². The lowest BCUT2D eigenvalue weighted by Crippen LogP contribution is -2.33. The Kier molecular flexibility index (Phi) is 5.03. The first-order valence-electron chi connectivity index (χ1n) is 8.34. The molecule has 1 amide bonds. The topological polar surface area (TPSA) is 66.8 Å². The summed E-state index contributed by atoms with van der Waals surface area (Å²) in [5, 5.41) is 9.18. The number of para-hydroxylation sites is 1. The summed E-state index contributed by atoms with van der Waals surface area (Å²) in [6.45, 7) is 2.47. The summed E-state index contributed by atoms with van der Waals surface area (Å²) in [5.74, 6) is -0.931. The highest BCUT2D eigenvalue weighted by Gasteiger charge is 2.36. The summed E-state index contributed by atoms with van der Waals surface area (Å²) in [5.41, 5.74) is 1.94. The van der Waals surface area contributed by atoms with Gasteiger partial charge in [0.05, 0.1) is 5.92 Å². The van der Waals surface area contributed by atoms with Gasteiger partial charge < -0.3 is 14.7 Å². The first-order valence-corrected chi connectivity index (χ1v) is 8.34. The summed E-state index contributed by atoms with van der Waals surface area (Å²) < 4.78 is 5.76. The van der Waals surface area contributed by atoms with Crippen LogP contribution in [0.4, 0.5) is 0 Å². The number of carbonyl (C=O) groups is 2. The molecule has 2 atom stereocenters. The van der Waals surface area contributed by atoms with Gasteiger partial charge >= 0.3 is 5.97 Å². The van der Waals surface area contributed by atoms with Gasteiger partial charge in [0.2, 0.25) is 0 Å². The normalized spacial score (nSPS) is 19.6. The van der Waals surface area contributed by atoms with Crippen LogP contribution < -0.4 is 4.74 Å². The molecular formula is C20H21NO4. The Morgan fingerprint density at radius 2 is 1.76 bits per heavy atom. The van der Waals surface area contributed by atoms with Gasteiger partial charge in [0.15, 0.2) is 6.61 Å². The number of ether oxygens (including phenoxy) is 1. The molecular weight excluding hydrogens is 318 g/mol. The number of carbonyl (C=O) groups excluding carboxylic acids is 1. The standard InChI is InChI=1S/C20H21NO4/c1-14-11-21(12-17(14)20(23)24)19(22)13-25-18-10-6-5-9-16(18)15-7-3-2-4-8-15/h2-10,14,17H,11-13H2,1H3,(H,23,24)/t14-,17-/m1/s1. The molecule has 0 radical (unpaired) electrons. The van der Waals surface area contributed by atoms with E-state index in [2.05, 4.69) is 0 Å². The highest BCUT2D eigenvalue weighted by atomic mass is 16.5. The van der Waals surface area contributed by atoms with Gasteiger partial charge in [0.1, 0.15) is 5.75 Å². The molecule has 25 heavy (non-hydrogen) atoms. The second-order valence-electron chi connectivity index (χ2n) is 6.37. The third-order valence-corrected chi connectivity index (χ3v) is 4.61. The van der Waals surface area contributed by atoms with Crippen molar-refractivity contribution in [1.82, 2.24) is 4.90 Å². The van der Waals surface area contributed by atoms with Crippen molar-refractivity contribution in [3.05, 3.63) is 54.6 Å². The van der Waals surface area contributed by atoms with Crippen LogP contribution in [0.15, 0.2) is 54.6 Å². The van der Waals surface area contributed by atoms with Crippen LogP contribution in [0.3, 0.4) is 0 Å². The Balaban J connectivity index is 1.67. The zero-order valence-corrected chi connectivity index (χ0v) is 14.1. The van der Waals surface area contributed by atoms with E-state index in [-0.39, 0.29) is 25.0 Å². The summed E-state index contributed by atoms with van der Waals surface area (Å²) >= 11 is 0. The van der Waals surface area contributed by atoms with Crippen molar-refractivity contribution in [2.45, 2.75) is 6.92 Å². The Labute approximate surface area is 146 Å².